The predicted octanol–water partition coefficient (Wildman–Crippen LogP) is 2.60. The maximum absolute atomic E-state index is 10.5. The van der Waals surface area contributed by atoms with Crippen molar-refractivity contribution in [3.8, 4) is 0 Å². The summed E-state index contributed by atoms with van der Waals surface area (Å²) in [6, 6.07) is 0. The van der Waals surface area contributed by atoms with E-state index in [4.69, 9.17) is 0 Å². The molecule has 4 heteroatoms. The lowest BCUT2D eigenvalue weighted by atomic mass is 10.3. The van der Waals surface area contributed by atoms with Crippen LogP contribution in [0.1, 0.15) is 34.1 Å². The van der Waals surface area contributed by atoms with Crippen molar-refractivity contribution in [2.24, 2.45) is 0 Å². The van der Waals surface area contributed by atoms with Gasteiger partial charge in [-0.15, -0.1) is 11.3 Å². The van der Waals surface area contributed by atoms with Crippen LogP contribution < -0.4 is 0 Å². The number of hydrogen-bond donors (Lipinski definition) is 0. The summed E-state index contributed by atoms with van der Waals surface area (Å²) in [5.41, 5.74) is 0.997. The van der Waals surface area contributed by atoms with E-state index in [1.165, 1.54) is 24.2 Å². The van der Waals surface area contributed by atoms with Crippen molar-refractivity contribution in [2.75, 3.05) is 0 Å². The summed E-state index contributed by atoms with van der Waals surface area (Å²) in [6.45, 7) is 0. The second-order valence-corrected chi connectivity index (χ2v) is 4.92. The molecule has 58 valence electrons. The highest BCUT2D eigenvalue weighted by Crippen LogP contribution is 2.42. The van der Waals surface area contributed by atoms with E-state index < -0.39 is 0 Å². The van der Waals surface area contributed by atoms with E-state index in [-0.39, 0.29) is 0 Å². The zero-order valence-electron chi connectivity index (χ0n) is 5.71. The van der Waals surface area contributed by atoms with Gasteiger partial charge >= 0.3 is 0 Å². The van der Waals surface area contributed by atoms with Gasteiger partial charge in [0, 0.05) is 5.92 Å². The van der Waals surface area contributed by atoms with E-state index >= 15 is 0 Å². The topological polar surface area (TPSA) is 30.0 Å². The van der Waals surface area contributed by atoms with Gasteiger partial charge in [0.05, 0.1) is 10.6 Å². The molecular weight excluding hydrogens is 226 g/mol. The largest absolute Gasteiger partial charge is 0.297 e. The number of halogens is 1. The molecule has 0 unspecified atom stereocenters. The average Bonchev–Trinajstić information content (AvgIpc) is 2.75. The molecule has 0 aliphatic heterocycles. The van der Waals surface area contributed by atoms with E-state index in [1.807, 2.05) is 0 Å². The number of hydrogen-bond acceptors (Lipinski definition) is 3. The Morgan fingerprint density at radius 3 is 2.91 bits per heavy atom. The summed E-state index contributed by atoms with van der Waals surface area (Å²) in [5, 5.41) is 0. The van der Waals surface area contributed by atoms with Crippen molar-refractivity contribution in [2.45, 2.75) is 18.8 Å². The van der Waals surface area contributed by atoms with Crippen LogP contribution in [0, 0.1) is 0 Å². The Balaban J connectivity index is 2.41. The molecule has 0 amide bonds. The van der Waals surface area contributed by atoms with Crippen molar-refractivity contribution in [1.82, 2.24) is 4.98 Å². The molecule has 0 radical (unpaired) electrons. The number of carbonyl (C=O) groups is 1. The Bertz CT molecular complexity index is 293. The van der Waals surface area contributed by atoms with E-state index in [2.05, 4.69) is 20.9 Å². The van der Waals surface area contributed by atoms with Crippen molar-refractivity contribution < 1.29 is 4.79 Å². The van der Waals surface area contributed by atoms with Crippen LogP contribution in [0.15, 0.2) is 3.92 Å². The van der Waals surface area contributed by atoms with E-state index in [0.29, 0.717) is 5.92 Å². The fraction of sp³-hybridized carbons (Fsp3) is 0.429. The summed E-state index contributed by atoms with van der Waals surface area (Å²) in [5.74, 6) is 0.567. The summed E-state index contributed by atoms with van der Waals surface area (Å²) >= 11 is 4.69. The van der Waals surface area contributed by atoms with Crippen LogP contribution in [-0.2, 0) is 0 Å². The molecule has 1 saturated carbocycles. The van der Waals surface area contributed by atoms with Crippen LogP contribution in [0.3, 0.4) is 0 Å². The molecule has 0 aromatic carbocycles. The fourth-order valence-corrected chi connectivity index (χ4v) is 2.45. The second-order valence-electron chi connectivity index (χ2n) is 2.61. The third-order valence-electron chi connectivity index (χ3n) is 1.73. The highest BCUT2D eigenvalue weighted by atomic mass is 79.9. The SMILES string of the molecule is O=Cc1sc(Br)nc1C1CC1. The molecule has 2 rings (SSSR count). The molecule has 0 N–H and O–H groups in total. The molecule has 1 fully saturated rings. The van der Waals surface area contributed by atoms with Crippen LogP contribution in [0.2, 0.25) is 0 Å². The molecule has 0 atom stereocenters. The first kappa shape index (κ1) is 7.43. The van der Waals surface area contributed by atoms with Crippen LogP contribution in [0.4, 0.5) is 0 Å². The smallest absolute Gasteiger partial charge is 0.161 e. The lowest BCUT2D eigenvalue weighted by Crippen LogP contribution is -1.84. The molecule has 1 aliphatic carbocycles. The Kier molecular flexibility index (Phi) is 1.81. The molecule has 0 bridgehead atoms. The van der Waals surface area contributed by atoms with Crippen LogP contribution >= 0.6 is 27.3 Å². The molecular formula is C7H6BrNOS. The predicted molar refractivity (Wildman–Crippen MR) is 47.2 cm³/mol. The summed E-state index contributed by atoms with van der Waals surface area (Å²) < 4.78 is 0.821. The Morgan fingerprint density at radius 1 is 1.64 bits per heavy atom. The number of nitrogens with zero attached hydrogens (tertiary/aromatic N) is 1. The number of aromatic nitrogens is 1. The quantitative estimate of drug-likeness (QED) is 0.733. The van der Waals surface area contributed by atoms with E-state index in [1.54, 1.807) is 0 Å². The lowest BCUT2D eigenvalue weighted by molar-refractivity contribution is 0.112. The number of carbonyl (C=O) groups excluding carboxylic acids is 1. The summed E-state index contributed by atoms with van der Waals surface area (Å²) in [6.07, 6.45) is 3.28. The third kappa shape index (κ3) is 1.37. The summed E-state index contributed by atoms with van der Waals surface area (Å²) in [4.78, 5) is 15.6. The summed E-state index contributed by atoms with van der Waals surface area (Å²) in [7, 11) is 0. The normalized spacial score (nSPS) is 16.8. The van der Waals surface area contributed by atoms with Gasteiger partial charge in [0.15, 0.2) is 10.2 Å². The molecule has 0 spiro atoms. The fourth-order valence-electron chi connectivity index (χ4n) is 1.05. The maximum Gasteiger partial charge on any atom is 0.161 e. The number of rotatable bonds is 2. The first-order valence-electron chi connectivity index (χ1n) is 3.42. The standard InChI is InChI=1S/C7H6BrNOS/c8-7-9-6(4-1-2-4)5(3-10)11-7/h3-4H,1-2H2. The van der Waals surface area contributed by atoms with Gasteiger partial charge in [-0.2, -0.15) is 0 Å². The first-order valence-corrected chi connectivity index (χ1v) is 5.03. The van der Waals surface area contributed by atoms with Gasteiger partial charge < -0.3 is 0 Å². The highest BCUT2D eigenvalue weighted by molar-refractivity contribution is 9.11. The number of aldehydes is 1. The van der Waals surface area contributed by atoms with Gasteiger partial charge in [0.2, 0.25) is 0 Å². The monoisotopic (exact) mass is 231 g/mol. The van der Waals surface area contributed by atoms with E-state index in [0.717, 1.165) is 20.8 Å². The molecule has 11 heavy (non-hydrogen) atoms. The molecule has 1 aliphatic rings. The minimum absolute atomic E-state index is 0.567. The first-order chi connectivity index (χ1) is 5.31. The third-order valence-corrected chi connectivity index (χ3v) is 3.17. The molecule has 0 saturated heterocycles. The minimum Gasteiger partial charge on any atom is -0.297 e. The van der Waals surface area contributed by atoms with Gasteiger partial charge in [0.25, 0.3) is 0 Å². The molecule has 1 heterocycles. The van der Waals surface area contributed by atoms with Crippen LogP contribution in [0.5, 0.6) is 0 Å². The lowest BCUT2D eigenvalue weighted by Gasteiger charge is -1.87. The van der Waals surface area contributed by atoms with Gasteiger partial charge in [-0.05, 0) is 28.8 Å². The van der Waals surface area contributed by atoms with Crippen LogP contribution in [0.25, 0.3) is 0 Å². The Hall–Kier alpha value is -0.220. The second kappa shape index (κ2) is 2.68. The van der Waals surface area contributed by atoms with Crippen molar-refractivity contribution >= 4 is 33.6 Å². The van der Waals surface area contributed by atoms with Gasteiger partial charge in [0.1, 0.15) is 0 Å². The molecule has 2 nitrogen and oxygen atoms in total. The number of thiazole rings is 1. The Morgan fingerprint density at radius 2 is 2.36 bits per heavy atom. The van der Waals surface area contributed by atoms with Crippen molar-refractivity contribution in [3.05, 3.63) is 14.5 Å². The van der Waals surface area contributed by atoms with Gasteiger partial charge in [-0.25, -0.2) is 4.98 Å². The zero-order valence-corrected chi connectivity index (χ0v) is 8.11. The maximum atomic E-state index is 10.5. The van der Waals surface area contributed by atoms with Crippen molar-refractivity contribution in [3.63, 3.8) is 0 Å². The molecule has 1 aromatic heterocycles. The average molecular weight is 232 g/mol. The zero-order chi connectivity index (χ0) is 7.84. The minimum atomic E-state index is 0.567. The van der Waals surface area contributed by atoms with Crippen molar-refractivity contribution in [1.29, 1.82) is 0 Å². The Labute approximate surface area is 76.8 Å². The van der Waals surface area contributed by atoms with Gasteiger partial charge in [-0.3, -0.25) is 4.79 Å². The van der Waals surface area contributed by atoms with E-state index in [9.17, 15) is 4.79 Å². The highest BCUT2D eigenvalue weighted by Gasteiger charge is 2.29. The van der Waals surface area contributed by atoms with Gasteiger partial charge in [-0.1, -0.05) is 0 Å². The molecule has 1 aromatic rings. The van der Waals surface area contributed by atoms with Crippen LogP contribution in [-0.4, -0.2) is 11.3 Å².